The zero-order chi connectivity index (χ0) is 15.4. The van der Waals surface area contributed by atoms with Gasteiger partial charge in [-0.15, -0.1) is 0 Å². The fourth-order valence-electron chi connectivity index (χ4n) is 1.58. The molecule has 0 saturated carbocycles. The van der Waals surface area contributed by atoms with Gasteiger partial charge in [0.1, 0.15) is 10.7 Å². The quantitative estimate of drug-likeness (QED) is 0.507. The Morgan fingerprint density at radius 3 is 2.67 bits per heavy atom. The van der Waals surface area contributed by atoms with E-state index in [1.54, 1.807) is 25.1 Å². The van der Waals surface area contributed by atoms with Crippen molar-refractivity contribution in [2.75, 3.05) is 0 Å². The van der Waals surface area contributed by atoms with Gasteiger partial charge in [0.05, 0.1) is 11.8 Å². The first-order valence-electron chi connectivity index (χ1n) is 5.86. The highest BCUT2D eigenvalue weighted by molar-refractivity contribution is 6.02. The molecular weight excluding hydrogens is 278 g/mol. The highest BCUT2D eigenvalue weighted by Gasteiger charge is 2.17. The number of hydrogen-bond donors (Lipinski definition) is 2. The molecule has 8 heteroatoms. The number of hydrogen-bond acceptors (Lipinski definition) is 6. The maximum Gasteiger partial charge on any atom is 0.433 e. The van der Waals surface area contributed by atoms with Gasteiger partial charge in [0, 0.05) is 5.56 Å². The van der Waals surface area contributed by atoms with Crippen LogP contribution in [0.1, 0.15) is 23.0 Å². The molecule has 2 aromatic rings. The summed E-state index contributed by atoms with van der Waals surface area (Å²) in [6, 6.07) is 8.76. The van der Waals surface area contributed by atoms with E-state index in [9.17, 15) is 20.0 Å². The van der Waals surface area contributed by atoms with E-state index in [-0.39, 0.29) is 11.5 Å². The first kappa shape index (κ1) is 14.3. The van der Waals surface area contributed by atoms with Crippen LogP contribution in [0.15, 0.2) is 45.9 Å². The van der Waals surface area contributed by atoms with Crippen molar-refractivity contribution >= 4 is 17.5 Å². The molecule has 0 spiro atoms. The minimum absolute atomic E-state index is 0.0293. The Kier molecular flexibility index (Phi) is 3.98. The third-order valence-electron chi connectivity index (χ3n) is 2.61. The number of benzene rings is 1. The van der Waals surface area contributed by atoms with E-state index < -0.39 is 16.7 Å². The minimum Gasteiger partial charge on any atom is -0.507 e. The lowest BCUT2D eigenvalue weighted by Gasteiger charge is -2.03. The molecular formula is C13H11N3O5. The minimum atomic E-state index is -0.743. The number of nitro groups is 1. The smallest absolute Gasteiger partial charge is 0.433 e. The van der Waals surface area contributed by atoms with Gasteiger partial charge in [-0.25, -0.2) is 5.43 Å². The standard InChI is InChI=1S/C13H11N3O5/c1-8(9-4-2-3-5-10(9)17)14-15-13(18)11-6-7-12(21-11)16(19)20/h2-7,17H,1H3,(H,15,18)/b14-8+. The van der Waals surface area contributed by atoms with E-state index in [2.05, 4.69) is 10.5 Å². The van der Waals surface area contributed by atoms with Crippen molar-refractivity contribution in [3.8, 4) is 5.75 Å². The number of carbonyl (C=O) groups excluding carboxylic acids is 1. The molecule has 2 N–H and O–H groups in total. The van der Waals surface area contributed by atoms with E-state index in [1.807, 2.05) is 0 Å². The average molecular weight is 289 g/mol. The van der Waals surface area contributed by atoms with Crippen LogP contribution in [0.4, 0.5) is 5.88 Å². The second-order valence-electron chi connectivity index (χ2n) is 4.05. The molecule has 2 rings (SSSR count). The van der Waals surface area contributed by atoms with E-state index in [1.165, 1.54) is 12.1 Å². The van der Waals surface area contributed by atoms with Crippen LogP contribution in [0.2, 0.25) is 0 Å². The van der Waals surface area contributed by atoms with Crippen molar-refractivity contribution in [2.45, 2.75) is 6.92 Å². The van der Waals surface area contributed by atoms with Crippen LogP contribution in [0, 0.1) is 10.1 Å². The number of furan rings is 1. The van der Waals surface area contributed by atoms with Gasteiger partial charge in [0.15, 0.2) is 0 Å². The van der Waals surface area contributed by atoms with E-state index in [4.69, 9.17) is 4.42 Å². The number of phenolic OH excluding ortho intramolecular Hbond substituents is 1. The Hall–Kier alpha value is -3.16. The number of hydrazone groups is 1. The molecule has 0 saturated heterocycles. The highest BCUT2D eigenvalue weighted by atomic mass is 16.6. The third-order valence-corrected chi connectivity index (χ3v) is 2.61. The van der Waals surface area contributed by atoms with Gasteiger partial charge in [0.25, 0.3) is 0 Å². The number of rotatable bonds is 4. The summed E-state index contributed by atoms with van der Waals surface area (Å²) in [4.78, 5) is 21.4. The van der Waals surface area contributed by atoms with Crippen LogP contribution in [-0.2, 0) is 0 Å². The Morgan fingerprint density at radius 1 is 1.33 bits per heavy atom. The van der Waals surface area contributed by atoms with Gasteiger partial charge in [-0.3, -0.25) is 14.9 Å². The summed E-state index contributed by atoms with van der Waals surface area (Å²) in [5.74, 6) is -1.45. The molecule has 0 aliphatic heterocycles. The molecule has 1 aromatic carbocycles. The van der Waals surface area contributed by atoms with Gasteiger partial charge in [-0.2, -0.15) is 5.10 Å². The molecule has 1 amide bonds. The van der Waals surface area contributed by atoms with Crippen molar-refractivity contribution in [1.82, 2.24) is 5.43 Å². The summed E-state index contributed by atoms with van der Waals surface area (Å²) in [5, 5.41) is 23.9. The topological polar surface area (TPSA) is 118 Å². The fourth-order valence-corrected chi connectivity index (χ4v) is 1.58. The molecule has 0 unspecified atom stereocenters. The summed E-state index contributed by atoms with van der Waals surface area (Å²) in [6.07, 6.45) is 0. The normalized spacial score (nSPS) is 11.2. The summed E-state index contributed by atoms with van der Waals surface area (Å²) in [5.41, 5.74) is 3.04. The van der Waals surface area contributed by atoms with Crippen LogP contribution in [0.25, 0.3) is 0 Å². The highest BCUT2D eigenvalue weighted by Crippen LogP contribution is 2.17. The van der Waals surface area contributed by atoms with E-state index in [0.717, 1.165) is 6.07 Å². The monoisotopic (exact) mass is 289 g/mol. The number of carbonyl (C=O) groups is 1. The summed E-state index contributed by atoms with van der Waals surface area (Å²) in [6.45, 7) is 1.60. The average Bonchev–Trinajstić information content (AvgIpc) is 2.95. The zero-order valence-electron chi connectivity index (χ0n) is 10.9. The largest absolute Gasteiger partial charge is 0.507 e. The molecule has 1 aromatic heterocycles. The van der Waals surface area contributed by atoms with Crippen LogP contribution in [0.5, 0.6) is 5.75 Å². The Balaban J connectivity index is 2.11. The molecule has 0 atom stereocenters. The molecule has 0 fully saturated rings. The number of amides is 1. The lowest BCUT2D eigenvalue weighted by atomic mass is 10.1. The number of phenols is 1. The fraction of sp³-hybridized carbons (Fsp3) is 0.0769. The molecule has 0 aliphatic rings. The SMILES string of the molecule is C/C(=N\NC(=O)c1ccc([N+](=O)[O-])o1)c1ccccc1O. The van der Waals surface area contributed by atoms with Gasteiger partial charge >= 0.3 is 11.8 Å². The lowest BCUT2D eigenvalue weighted by molar-refractivity contribution is -0.402. The van der Waals surface area contributed by atoms with Gasteiger partial charge < -0.3 is 9.52 Å². The van der Waals surface area contributed by atoms with Gasteiger partial charge in [-0.1, -0.05) is 12.1 Å². The molecule has 21 heavy (non-hydrogen) atoms. The number of para-hydroxylation sites is 1. The van der Waals surface area contributed by atoms with Crippen molar-refractivity contribution in [1.29, 1.82) is 0 Å². The molecule has 0 aliphatic carbocycles. The van der Waals surface area contributed by atoms with Crippen LogP contribution in [-0.4, -0.2) is 21.6 Å². The first-order valence-corrected chi connectivity index (χ1v) is 5.86. The van der Waals surface area contributed by atoms with Crippen LogP contribution >= 0.6 is 0 Å². The molecule has 108 valence electrons. The van der Waals surface area contributed by atoms with Gasteiger partial charge in [-0.05, 0) is 25.1 Å². The van der Waals surface area contributed by atoms with E-state index in [0.29, 0.717) is 11.3 Å². The summed E-state index contributed by atoms with van der Waals surface area (Å²) >= 11 is 0. The number of aromatic hydroxyl groups is 1. The van der Waals surface area contributed by atoms with Crippen LogP contribution < -0.4 is 5.43 Å². The second-order valence-corrected chi connectivity index (χ2v) is 4.05. The van der Waals surface area contributed by atoms with Crippen molar-refractivity contribution in [2.24, 2.45) is 5.10 Å². The van der Waals surface area contributed by atoms with Crippen molar-refractivity contribution in [3.63, 3.8) is 0 Å². The van der Waals surface area contributed by atoms with E-state index >= 15 is 0 Å². The zero-order valence-corrected chi connectivity index (χ0v) is 10.9. The molecule has 1 heterocycles. The third kappa shape index (κ3) is 3.24. The van der Waals surface area contributed by atoms with Gasteiger partial charge in [0.2, 0.25) is 5.76 Å². The molecule has 8 nitrogen and oxygen atoms in total. The van der Waals surface area contributed by atoms with Crippen molar-refractivity contribution in [3.05, 3.63) is 57.8 Å². The maximum atomic E-state index is 11.7. The van der Waals surface area contributed by atoms with Crippen LogP contribution in [0.3, 0.4) is 0 Å². The van der Waals surface area contributed by atoms with Crippen molar-refractivity contribution < 1.29 is 19.2 Å². The second kappa shape index (κ2) is 5.87. The summed E-state index contributed by atoms with van der Waals surface area (Å²) < 4.78 is 4.74. The predicted molar refractivity (Wildman–Crippen MR) is 73.1 cm³/mol. The number of nitrogens with one attached hydrogen (secondary N) is 1. The molecule has 0 bridgehead atoms. The predicted octanol–water partition coefficient (Wildman–Crippen LogP) is 2.05. The Morgan fingerprint density at radius 2 is 2.05 bits per heavy atom. The molecule has 0 radical (unpaired) electrons. The Bertz CT molecular complexity index is 720. The first-order chi connectivity index (χ1) is 9.99. The Labute approximate surface area is 118 Å². The summed E-state index contributed by atoms with van der Waals surface area (Å²) in [7, 11) is 0. The maximum absolute atomic E-state index is 11.7. The number of nitrogens with zero attached hydrogens (tertiary/aromatic N) is 2. The lowest BCUT2D eigenvalue weighted by Crippen LogP contribution is -2.18.